The van der Waals surface area contributed by atoms with Crippen LogP contribution in [-0.4, -0.2) is 56.1 Å². The Morgan fingerprint density at radius 3 is 2.56 bits per heavy atom. The second-order valence-electron chi connectivity index (χ2n) is 6.75. The molecule has 1 saturated heterocycles. The van der Waals surface area contributed by atoms with Gasteiger partial charge >= 0.3 is 0 Å². The van der Waals surface area contributed by atoms with Crippen LogP contribution >= 0.6 is 11.6 Å². The van der Waals surface area contributed by atoms with Crippen molar-refractivity contribution < 1.29 is 14.3 Å². The van der Waals surface area contributed by atoms with Crippen LogP contribution in [0.1, 0.15) is 19.4 Å². The van der Waals surface area contributed by atoms with Gasteiger partial charge in [0.05, 0.1) is 13.2 Å². The summed E-state index contributed by atoms with van der Waals surface area (Å²) >= 11 is 6.07. The van der Waals surface area contributed by atoms with Crippen molar-refractivity contribution in [1.29, 1.82) is 0 Å². The van der Waals surface area contributed by atoms with Gasteiger partial charge in [-0.25, -0.2) is 0 Å². The highest BCUT2D eigenvalue weighted by Gasteiger charge is 2.36. The van der Waals surface area contributed by atoms with Gasteiger partial charge in [-0.15, -0.1) is 0 Å². The van der Waals surface area contributed by atoms with E-state index in [2.05, 4.69) is 15.5 Å². The Labute approximate surface area is 153 Å². The van der Waals surface area contributed by atoms with Gasteiger partial charge in [-0.05, 0) is 38.5 Å². The van der Waals surface area contributed by atoms with Crippen molar-refractivity contribution >= 4 is 29.1 Å². The molecule has 1 fully saturated rings. The summed E-state index contributed by atoms with van der Waals surface area (Å²) in [5.74, 6) is -0.659. The van der Waals surface area contributed by atoms with Crippen LogP contribution in [0.15, 0.2) is 18.2 Å². The SMILES string of the molecule is Cc1ccc(NC(=O)C(C)(C)C(=O)NCCN2CCOCC2)cc1Cl. The number of halogens is 1. The number of morpholine rings is 1. The van der Waals surface area contributed by atoms with Crippen LogP contribution in [0, 0.1) is 12.3 Å². The second kappa shape index (κ2) is 8.65. The van der Waals surface area contributed by atoms with Crippen LogP contribution in [0.3, 0.4) is 0 Å². The molecule has 0 saturated carbocycles. The Kier molecular flexibility index (Phi) is 6.81. The van der Waals surface area contributed by atoms with Gasteiger partial charge in [0.1, 0.15) is 5.41 Å². The van der Waals surface area contributed by atoms with Gasteiger partial charge in [-0.2, -0.15) is 0 Å². The first-order valence-corrected chi connectivity index (χ1v) is 8.84. The van der Waals surface area contributed by atoms with E-state index in [-0.39, 0.29) is 11.8 Å². The fourth-order valence-corrected chi connectivity index (χ4v) is 2.61. The first kappa shape index (κ1) is 19.7. The van der Waals surface area contributed by atoms with Crippen molar-refractivity contribution in [2.75, 3.05) is 44.7 Å². The van der Waals surface area contributed by atoms with Crippen molar-refractivity contribution in [1.82, 2.24) is 10.2 Å². The number of ether oxygens (including phenoxy) is 1. The third-order valence-corrected chi connectivity index (χ3v) is 4.79. The topological polar surface area (TPSA) is 70.7 Å². The lowest BCUT2D eigenvalue weighted by Gasteiger charge is -2.27. The van der Waals surface area contributed by atoms with E-state index in [0.717, 1.165) is 38.4 Å². The monoisotopic (exact) mass is 367 g/mol. The van der Waals surface area contributed by atoms with E-state index < -0.39 is 5.41 Å². The number of hydrogen-bond acceptors (Lipinski definition) is 4. The molecule has 0 spiro atoms. The molecule has 1 aliphatic rings. The minimum atomic E-state index is -1.18. The maximum Gasteiger partial charge on any atom is 0.239 e. The first-order chi connectivity index (χ1) is 11.8. The maximum absolute atomic E-state index is 12.5. The smallest absolute Gasteiger partial charge is 0.239 e. The number of benzene rings is 1. The highest BCUT2D eigenvalue weighted by Crippen LogP contribution is 2.23. The Balaban J connectivity index is 1.85. The van der Waals surface area contributed by atoms with Crippen LogP contribution in [0.25, 0.3) is 0 Å². The molecule has 7 heteroatoms. The Morgan fingerprint density at radius 2 is 1.92 bits per heavy atom. The zero-order valence-corrected chi connectivity index (χ0v) is 15.8. The van der Waals surface area contributed by atoms with Gasteiger partial charge in [-0.1, -0.05) is 17.7 Å². The van der Waals surface area contributed by atoms with Gasteiger partial charge in [0.25, 0.3) is 0 Å². The minimum Gasteiger partial charge on any atom is -0.379 e. The van der Waals surface area contributed by atoms with Crippen molar-refractivity contribution in [3.05, 3.63) is 28.8 Å². The molecule has 1 aromatic carbocycles. The first-order valence-electron chi connectivity index (χ1n) is 8.46. The number of anilines is 1. The fourth-order valence-electron chi connectivity index (χ4n) is 2.43. The van der Waals surface area contributed by atoms with Gasteiger partial charge < -0.3 is 15.4 Å². The largest absolute Gasteiger partial charge is 0.379 e. The predicted octanol–water partition coefficient (Wildman–Crippen LogP) is 2.06. The zero-order valence-electron chi connectivity index (χ0n) is 15.0. The van der Waals surface area contributed by atoms with E-state index >= 15 is 0 Å². The number of aryl methyl sites for hydroxylation is 1. The van der Waals surface area contributed by atoms with E-state index in [4.69, 9.17) is 16.3 Å². The molecule has 25 heavy (non-hydrogen) atoms. The number of rotatable bonds is 6. The molecule has 0 aromatic heterocycles. The van der Waals surface area contributed by atoms with Crippen LogP contribution < -0.4 is 10.6 Å². The van der Waals surface area contributed by atoms with E-state index in [1.807, 2.05) is 13.0 Å². The molecule has 0 unspecified atom stereocenters. The fraction of sp³-hybridized carbons (Fsp3) is 0.556. The van der Waals surface area contributed by atoms with Crippen LogP contribution in [0.5, 0.6) is 0 Å². The summed E-state index contributed by atoms with van der Waals surface area (Å²) in [6.07, 6.45) is 0. The number of carbonyl (C=O) groups excluding carboxylic acids is 2. The molecule has 6 nitrogen and oxygen atoms in total. The second-order valence-corrected chi connectivity index (χ2v) is 7.16. The Hall–Kier alpha value is -1.63. The van der Waals surface area contributed by atoms with E-state index in [1.54, 1.807) is 26.0 Å². The summed E-state index contributed by atoms with van der Waals surface area (Å²) in [6.45, 7) is 9.56. The lowest BCUT2D eigenvalue weighted by Crippen LogP contribution is -2.48. The molecule has 2 amide bonds. The number of nitrogens with one attached hydrogen (secondary N) is 2. The van der Waals surface area contributed by atoms with Gasteiger partial charge in [0.2, 0.25) is 11.8 Å². The molecule has 2 rings (SSSR count). The lowest BCUT2D eigenvalue weighted by atomic mass is 9.91. The van der Waals surface area contributed by atoms with Crippen molar-refractivity contribution in [3.63, 3.8) is 0 Å². The van der Waals surface area contributed by atoms with E-state index in [0.29, 0.717) is 17.3 Å². The average Bonchev–Trinajstić information content (AvgIpc) is 2.59. The van der Waals surface area contributed by atoms with Crippen LogP contribution in [0.4, 0.5) is 5.69 Å². The number of nitrogens with zero attached hydrogens (tertiary/aromatic N) is 1. The quantitative estimate of drug-likeness (QED) is 0.755. The molecule has 0 radical (unpaired) electrons. The van der Waals surface area contributed by atoms with E-state index in [9.17, 15) is 9.59 Å². The third-order valence-electron chi connectivity index (χ3n) is 4.38. The molecular formula is C18H26ClN3O3. The molecule has 1 heterocycles. The minimum absolute atomic E-state index is 0.295. The van der Waals surface area contributed by atoms with Crippen molar-refractivity contribution in [2.24, 2.45) is 5.41 Å². The van der Waals surface area contributed by atoms with E-state index in [1.165, 1.54) is 0 Å². The summed E-state index contributed by atoms with van der Waals surface area (Å²) in [7, 11) is 0. The third kappa shape index (κ3) is 5.42. The molecule has 1 aliphatic heterocycles. The average molecular weight is 368 g/mol. The molecular weight excluding hydrogens is 342 g/mol. The maximum atomic E-state index is 12.5. The summed E-state index contributed by atoms with van der Waals surface area (Å²) in [4.78, 5) is 27.1. The number of carbonyl (C=O) groups is 2. The highest BCUT2D eigenvalue weighted by atomic mass is 35.5. The molecule has 138 valence electrons. The highest BCUT2D eigenvalue weighted by molar-refractivity contribution is 6.31. The Morgan fingerprint density at radius 1 is 1.24 bits per heavy atom. The van der Waals surface area contributed by atoms with Crippen LogP contribution in [0.2, 0.25) is 5.02 Å². The molecule has 0 bridgehead atoms. The van der Waals surface area contributed by atoms with Gasteiger partial charge in [0.15, 0.2) is 0 Å². The summed E-state index contributed by atoms with van der Waals surface area (Å²) < 4.78 is 5.29. The zero-order chi connectivity index (χ0) is 18.4. The van der Waals surface area contributed by atoms with Gasteiger partial charge in [-0.3, -0.25) is 14.5 Å². The van der Waals surface area contributed by atoms with Gasteiger partial charge in [0, 0.05) is 36.9 Å². The predicted molar refractivity (Wildman–Crippen MR) is 98.9 cm³/mol. The molecule has 2 N–H and O–H groups in total. The van der Waals surface area contributed by atoms with Crippen LogP contribution in [-0.2, 0) is 14.3 Å². The van der Waals surface area contributed by atoms with Crippen molar-refractivity contribution in [2.45, 2.75) is 20.8 Å². The summed E-state index contributed by atoms with van der Waals surface area (Å²) in [6, 6.07) is 5.28. The number of amides is 2. The summed E-state index contributed by atoms with van der Waals surface area (Å²) in [5.41, 5.74) is 0.331. The standard InChI is InChI=1S/C18H26ClN3O3/c1-13-4-5-14(12-15(13)19)21-17(24)18(2,3)16(23)20-6-7-22-8-10-25-11-9-22/h4-5,12H,6-11H2,1-3H3,(H,20,23)(H,21,24). The lowest BCUT2D eigenvalue weighted by molar-refractivity contribution is -0.138. The normalized spacial score (nSPS) is 15.7. The molecule has 0 atom stereocenters. The molecule has 1 aromatic rings. The summed E-state index contributed by atoms with van der Waals surface area (Å²) in [5, 5.41) is 6.18. The Bertz CT molecular complexity index is 628. The number of hydrogen-bond donors (Lipinski definition) is 2. The van der Waals surface area contributed by atoms with Crippen molar-refractivity contribution in [3.8, 4) is 0 Å². The molecule has 0 aliphatic carbocycles.